The van der Waals surface area contributed by atoms with Gasteiger partial charge in [-0.15, -0.1) is 0 Å². The summed E-state index contributed by atoms with van der Waals surface area (Å²) in [5, 5.41) is 12.7. The highest BCUT2D eigenvalue weighted by atomic mass is 16.5. The number of hydrogen-bond donors (Lipinski definition) is 2. The number of phenols is 1. The topological polar surface area (TPSA) is 58.6 Å². The van der Waals surface area contributed by atoms with Crippen LogP contribution in [0, 0.1) is 0 Å². The first kappa shape index (κ1) is 14.9. The number of nitrogens with one attached hydrogen (secondary N) is 1. The molecule has 2 N–H and O–H groups in total. The smallest absolute Gasteiger partial charge is 0.244 e. The Morgan fingerprint density at radius 2 is 2.29 bits per heavy atom. The Hall–Kier alpha value is -2.49. The maximum absolute atomic E-state index is 11.2. The maximum atomic E-state index is 11.2. The number of hydrogen-bond acceptors (Lipinski definition) is 3. The summed E-state index contributed by atoms with van der Waals surface area (Å²) in [6.07, 6.45) is 5.99. The summed E-state index contributed by atoms with van der Waals surface area (Å²) in [7, 11) is 0. The van der Waals surface area contributed by atoms with Crippen molar-refractivity contribution in [1.29, 1.82) is 0 Å². The zero-order chi connectivity index (χ0) is 15.4. The van der Waals surface area contributed by atoms with Crippen LogP contribution in [0.25, 0.3) is 0 Å². The lowest BCUT2D eigenvalue weighted by Gasteiger charge is -2.15. The van der Waals surface area contributed by atoms with Gasteiger partial charge in [0.05, 0.1) is 6.04 Å². The van der Waals surface area contributed by atoms with Crippen molar-refractivity contribution in [2.24, 2.45) is 0 Å². The molecule has 0 aliphatic carbocycles. The van der Waals surface area contributed by atoms with E-state index in [0.717, 1.165) is 17.6 Å². The van der Waals surface area contributed by atoms with Crippen LogP contribution < -0.4 is 10.1 Å². The van der Waals surface area contributed by atoms with E-state index in [1.807, 2.05) is 19.9 Å². The minimum absolute atomic E-state index is 0.0512. The van der Waals surface area contributed by atoms with Crippen molar-refractivity contribution < 1.29 is 14.6 Å². The summed E-state index contributed by atoms with van der Waals surface area (Å²) in [5.74, 6) is 0.917. The molecule has 0 spiro atoms. The number of ether oxygens (including phenoxy) is 1. The molecule has 0 saturated carbocycles. The van der Waals surface area contributed by atoms with E-state index in [1.54, 1.807) is 24.3 Å². The molecule has 2 rings (SSSR count). The lowest BCUT2D eigenvalue weighted by Crippen LogP contribution is -2.19. The number of carbonyl (C=O) groups is 1. The SMILES string of the molecule is C=C(C)/C(=C/CC)Oc1cc(C2C=CC(=O)N2)ccc1O. The molecule has 1 aromatic carbocycles. The number of benzene rings is 1. The Morgan fingerprint density at radius 3 is 2.86 bits per heavy atom. The number of phenolic OH excluding ortho intramolecular Hbond substituents is 1. The van der Waals surface area contributed by atoms with Gasteiger partial charge in [-0.2, -0.15) is 0 Å². The van der Waals surface area contributed by atoms with Crippen LogP contribution in [-0.4, -0.2) is 11.0 Å². The van der Waals surface area contributed by atoms with Gasteiger partial charge >= 0.3 is 0 Å². The molecular weight excluding hydrogens is 266 g/mol. The molecule has 1 amide bonds. The fourth-order valence-corrected chi connectivity index (χ4v) is 2.04. The molecule has 21 heavy (non-hydrogen) atoms. The van der Waals surface area contributed by atoms with Crippen LogP contribution in [0.2, 0.25) is 0 Å². The van der Waals surface area contributed by atoms with Crippen LogP contribution in [0.5, 0.6) is 11.5 Å². The van der Waals surface area contributed by atoms with Crippen LogP contribution in [0.3, 0.4) is 0 Å². The second-order valence-corrected chi connectivity index (χ2v) is 4.93. The van der Waals surface area contributed by atoms with E-state index < -0.39 is 0 Å². The molecule has 1 atom stereocenters. The fourth-order valence-electron chi connectivity index (χ4n) is 2.04. The quantitative estimate of drug-likeness (QED) is 0.644. The van der Waals surface area contributed by atoms with Gasteiger partial charge in [-0.3, -0.25) is 4.79 Å². The Bertz CT molecular complexity index is 629. The number of amides is 1. The molecule has 0 bridgehead atoms. The third-order valence-electron chi connectivity index (χ3n) is 3.11. The van der Waals surface area contributed by atoms with Crippen LogP contribution in [0.1, 0.15) is 31.9 Å². The van der Waals surface area contributed by atoms with E-state index in [2.05, 4.69) is 11.9 Å². The largest absolute Gasteiger partial charge is 0.504 e. The summed E-state index contributed by atoms with van der Waals surface area (Å²) < 4.78 is 5.75. The molecule has 4 heteroatoms. The van der Waals surface area contributed by atoms with Crippen LogP contribution in [0.15, 0.2) is 54.3 Å². The highest BCUT2D eigenvalue weighted by Gasteiger charge is 2.18. The molecule has 0 saturated heterocycles. The maximum Gasteiger partial charge on any atom is 0.244 e. The normalized spacial score (nSPS) is 17.7. The monoisotopic (exact) mass is 285 g/mol. The van der Waals surface area contributed by atoms with Crippen molar-refractivity contribution in [1.82, 2.24) is 5.32 Å². The second-order valence-electron chi connectivity index (χ2n) is 4.93. The first-order valence-corrected chi connectivity index (χ1v) is 6.86. The van der Waals surface area contributed by atoms with E-state index in [-0.39, 0.29) is 17.7 Å². The third kappa shape index (κ3) is 3.54. The average Bonchev–Trinajstić information content (AvgIpc) is 2.87. The van der Waals surface area contributed by atoms with E-state index in [9.17, 15) is 9.90 Å². The highest BCUT2D eigenvalue weighted by Crippen LogP contribution is 2.32. The standard InChI is InChI=1S/C17H19NO3/c1-4-5-15(11(2)3)21-16-10-12(6-8-14(16)19)13-7-9-17(20)18-13/h5-10,13,19H,2,4H2,1,3H3,(H,18,20)/b15-5-. The minimum Gasteiger partial charge on any atom is -0.504 e. The van der Waals surface area contributed by atoms with Crippen molar-refractivity contribution in [3.63, 3.8) is 0 Å². The predicted molar refractivity (Wildman–Crippen MR) is 81.9 cm³/mol. The Balaban J connectivity index is 2.27. The van der Waals surface area contributed by atoms with Gasteiger partial charge in [0.1, 0.15) is 5.76 Å². The predicted octanol–water partition coefficient (Wildman–Crippen LogP) is 3.37. The summed E-state index contributed by atoms with van der Waals surface area (Å²) in [5.41, 5.74) is 1.64. The number of carbonyl (C=O) groups excluding carboxylic acids is 1. The van der Waals surface area contributed by atoms with Crippen LogP contribution >= 0.6 is 0 Å². The molecule has 4 nitrogen and oxygen atoms in total. The summed E-state index contributed by atoms with van der Waals surface area (Å²) in [4.78, 5) is 11.2. The zero-order valence-electron chi connectivity index (χ0n) is 12.2. The van der Waals surface area contributed by atoms with Gasteiger partial charge in [-0.25, -0.2) is 0 Å². The van der Waals surface area contributed by atoms with E-state index >= 15 is 0 Å². The molecular formula is C17H19NO3. The van der Waals surface area contributed by atoms with Crippen molar-refractivity contribution in [3.8, 4) is 11.5 Å². The lowest BCUT2D eigenvalue weighted by atomic mass is 10.1. The third-order valence-corrected chi connectivity index (χ3v) is 3.11. The van der Waals surface area contributed by atoms with E-state index in [4.69, 9.17) is 4.74 Å². The highest BCUT2D eigenvalue weighted by molar-refractivity contribution is 5.90. The average molecular weight is 285 g/mol. The summed E-state index contributed by atoms with van der Waals surface area (Å²) >= 11 is 0. The molecule has 110 valence electrons. The Morgan fingerprint density at radius 1 is 1.52 bits per heavy atom. The van der Waals surface area contributed by atoms with Gasteiger partial charge in [0.25, 0.3) is 0 Å². The molecule has 1 unspecified atom stereocenters. The van der Waals surface area contributed by atoms with Crippen molar-refractivity contribution >= 4 is 5.91 Å². The van der Waals surface area contributed by atoms with E-state index in [1.165, 1.54) is 6.08 Å². The molecule has 1 aromatic rings. The van der Waals surface area contributed by atoms with Gasteiger partial charge < -0.3 is 15.2 Å². The Kier molecular flexibility index (Phi) is 4.48. The lowest BCUT2D eigenvalue weighted by molar-refractivity contribution is -0.116. The van der Waals surface area contributed by atoms with Crippen LogP contribution in [0.4, 0.5) is 0 Å². The fraction of sp³-hybridized carbons (Fsp3) is 0.235. The minimum atomic E-state index is -0.191. The van der Waals surface area contributed by atoms with E-state index in [0.29, 0.717) is 11.5 Å². The van der Waals surface area contributed by atoms with Gasteiger partial charge in [-0.05, 0) is 42.7 Å². The van der Waals surface area contributed by atoms with Gasteiger partial charge in [0.15, 0.2) is 11.5 Å². The molecule has 1 heterocycles. The molecule has 0 aromatic heterocycles. The number of aromatic hydroxyl groups is 1. The summed E-state index contributed by atoms with van der Waals surface area (Å²) in [6, 6.07) is 4.85. The van der Waals surface area contributed by atoms with Gasteiger partial charge in [0.2, 0.25) is 5.91 Å². The molecule has 0 fully saturated rings. The zero-order valence-corrected chi connectivity index (χ0v) is 12.2. The van der Waals surface area contributed by atoms with Crippen molar-refractivity contribution in [2.45, 2.75) is 26.3 Å². The Labute approximate surface area is 124 Å². The first-order valence-electron chi connectivity index (χ1n) is 6.86. The molecule has 0 radical (unpaired) electrons. The molecule has 1 aliphatic rings. The van der Waals surface area contributed by atoms with Crippen molar-refractivity contribution in [3.05, 3.63) is 59.9 Å². The number of allylic oxidation sites excluding steroid dienone is 2. The van der Waals surface area contributed by atoms with Crippen LogP contribution in [-0.2, 0) is 4.79 Å². The number of rotatable bonds is 5. The van der Waals surface area contributed by atoms with Gasteiger partial charge in [0, 0.05) is 6.08 Å². The first-order chi connectivity index (χ1) is 10.0. The van der Waals surface area contributed by atoms with Gasteiger partial charge in [-0.1, -0.05) is 25.6 Å². The second kappa shape index (κ2) is 6.31. The summed E-state index contributed by atoms with van der Waals surface area (Å²) in [6.45, 7) is 7.72. The van der Waals surface area contributed by atoms with Crippen molar-refractivity contribution in [2.75, 3.05) is 0 Å². The molecule has 1 aliphatic heterocycles.